The molecule has 5 rings (SSSR count). The highest BCUT2D eigenvalue weighted by atomic mass is 79.9. The Morgan fingerprint density at radius 2 is 1.58 bits per heavy atom. The molecule has 1 unspecified atom stereocenters. The van der Waals surface area contributed by atoms with Crippen LogP contribution in [0.2, 0.25) is 0 Å². The van der Waals surface area contributed by atoms with Gasteiger partial charge < -0.3 is 15.3 Å². The fraction of sp³-hybridized carbons (Fsp3) is 0.208. The number of thioether (sulfide) groups is 1. The molecule has 0 bridgehead atoms. The summed E-state index contributed by atoms with van der Waals surface area (Å²) >= 11 is 8.40. The van der Waals surface area contributed by atoms with Gasteiger partial charge in [0.05, 0.1) is 10.7 Å². The molecular formula is C24H18Br2O4S. The summed E-state index contributed by atoms with van der Waals surface area (Å²) in [5, 5.41) is 33.9. The van der Waals surface area contributed by atoms with E-state index < -0.39 is 34.3 Å². The molecule has 0 radical (unpaired) electrons. The van der Waals surface area contributed by atoms with Crippen LogP contribution in [0, 0.1) is 5.92 Å². The highest BCUT2D eigenvalue weighted by Gasteiger charge is 2.75. The highest BCUT2D eigenvalue weighted by Crippen LogP contribution is 2.74. The predicted octanol–water partition coefficient (Wildman–Crippen LogP) is 5.26. The smallest absolute Gasteiger partial charge is 0.309 e. The molecule has 5 atom stereocenters. The molecule has 0 aromatic heterocycles. The summed E-state index contributed by atoms with van der Waals surface area (Å²) in [6.07, 6.45) is -1.49. The van der Waals surface area contributed by atoms with Crippen LogP contribution in [0.5, 0.6) is 0 Å². The lowest BCUT2D eigenvalue weighted by molar-refractivity contribution is -0.150. The number of halogens is 2. The van der Waals surface area contributed by atoms with E-state index in [1.807, 2.05) is 66.7 Å². The molecule has 1 saturated carbocycles. The minimum absolute atomic E-state index is 0.556. The number of fused-ring (bicyclic) bond motifs is 3. The summed E-state index contributed by atoms with van der Waals surface area (Å²) in [6, 6.07) is 22.4. The van der Waals surface area contributed by atoms with E-state index in [4.69, 9.17) is 0 Å². The van der Waals surface area contributed by atoms with E-state index in [0.717, 1.165) is 25.0 Å². The molecule has 2 aliphatic rings. The minimum atomic E-state index is -1.79. The van der Waals surface area contributed by atoms with Crippen molar-refractivity contribution in [2.24, 2.45) is 5.92 Å². The molecule has 7 heteroatoms. The van der Waals surface area contributed by atoms with Crippen molar-refractivity contribution >= 4 is 49.6 Å². The Bertz CT molecular complexity index is 1170. The minimum Gasteiger partial charge on any atom is -0.481 e. The van der Waals surface area contributed by atoms with Gasteiger partial charge in [-0.1, -0.05) is 80.4 Å². The summed E-state index contributed by atoms with van der Waals surface area (Å²) in [5.41, 5.74) is 0.311. The van der Waals surface area contributed by atoms with E-state index in [1.54, 1.807) is 6.07 Å². The maximum Gasteiger partial charge on any atom is 0.309 e. The average molecular weight is 562 g/mol. The third kappa shape index (κ3) is 2.84. The van der Waals surface area contributed by atoms with Crippen molar-refractivity contribution in [1.82, 2.24) is 0 Å². The van der Waals surface area contributed by atoms with E-state index in [2.05, 4.69) is 31.9 Å². The molecule has 0 saturated heterocycles. The van der Waals surface area contributed by atoms with Gasteiger partial charge in [0, 0.05) is 25.3 Å². The van der Waals surface area contributed by atoms with Gasteiger partial charge in [-0.05, 0) is 35.4 Å². The first-order valence-electron chi connectivity index (χ1n) is 9.74. The zero-order chi connectivity index (χ0) is 22.0. The maximum atomic E-state index is 12.5. The van der Waals surface area contributed by atoms with Crippen molar-refractivity contribution in [3.63, 3.8) is 0 Å². The van der Waals surface area contributed by atoms with Crippen molar-refractivity contribution < 1.29 is 20.1 Å². The van der Waals surface area contributed by atoms with Crippen molar-refractivity contribution in [1.29, 1.82) is 0 Å². The van der Waals surface area contributed by atoms with Crippen molar-refractivity contribution in [3.05, 3.63) is 98.4 Å². The second-order valence-corrected chi connectivity index (χ2v) is 11.1. The number of benzene rings is 3. The summed E-state index contributed by atoms with van der Waals surface area (Å²) < 4.78 is 0.610. The molecule has 4 nitrogen and oxygen atoms in total. The van der Waals surface area contributed by atoms with E-state index in [0.29, 0.717) is 5.56 Å². The number of hydrogen-bond donors (Lipinski definition) is 3. The quantitative estimate of drug-likeness (QED) is 0.406. The molecular weight excluding hydrogens is 544 g/mol. The SMILES string of the molecule is O=C(O)[C@H]1C(O)[C@@]2(O)c3ccc(Br)cc3S[C@@]2(c2ccc(Br)cc2)[C@@H]1c1ccccc1. The molecule has 158 valence electrons. The Labute approximate surface area is 200 Å². The van der Waals surface area contributed by atoms with Crippen molar-refractivity contribution in [2.75, 3.05) is 0 Å². The van der Waals surface area contributed by atoms with Crippen LogP contribution in [0.25, 0.3) is 0 Å². The van der Waals surface area contributed by atoms with Gasteiger partial charge in [-0.2, -0.15) is 0 Å². The van der Waals surface area contributed by atoms with Crippen LogP contribution in [-0.4, -0.2) is 27.4 Å². The van der Waals surface area contributed by atoms with Gasteiger partial charge in [-0.3, -0.25) is 4.79 Å². The lowest BCUT2D eigenvalue weighted by atomic mass is 9.73. The molecule has 1 aliphatic carbocycles. The van der Waals surface area contributed by atoms with Crippen LogP contribution in [0.4, 0.5) is 0 Å². The Balaban J connectivity index is 1.87. The second kappa shape index (κ2) is 7.46. The topological polar surface area (TPSA) is 77.8 Å². The summed E-state index contributed by atoms with van der Waals surface area (Å²) in [7, 11) is 0. The van der Waals surface area contributed by atoms with Crippen LogP contribution in [0.3, 0.4) is 0 Å². The molecule has 1 aliphatic heterocycles. The molecule has 0 amide bonds. The Morgan fingerprint density at radius 1 is 0.935 bits per heavy atom. The van der Waals surface area contributed by atoms with Gasteiger partial charge in [0.25, 0.3) is 0 Å². The molecule has 3 aromatic rings. The summed E-state index contributed by atoms with van der Waals surface area (Å²) in [6.45, 7) is 0. The number of carboxylic acids is 1. The van der Waals surface area contributed by atoms with Gasteiger partial charge in [0.2, 0.25) is 0 Å². The molecule has 1 fully saturated rings. The predicted molar refractivity (Wildman–Crippen MR) is 126 cm³/mol. The van der Waals surface area contributed by atoms with Crippen LogP contribution >= 0.6 is 43.6 Å². The molecule has 3 aromatic carbocycles. The number of aliphatic hydroxyl groups excluding tert-OH is 1. The molecule has 1 heterocycles. The van der Waals surface area contributed by atoms with Gasteiger partial charge in [-0.25, -0.2) is 0 Å². The third-order valence-corrected chi connectivity index (χ3v) is 9.18. The first-order chi connectivity index (χ1) is 14.8. The van der Waals surface area contributed by atoms with Crippen LogP contribution < -0.4 is 0 Å². The largest absolute Gasteiger partial charge is 0.481 e. The third-order valence-electron chi connectivity index (χ3n) is 6.47. The lowest BCUT2D eigenvalue weighted by Crippen LogP contribution is -2.48. The zero-order valence-electron chi connectivity index (χ0n) is 16.1. The summed E-state index contributed by atoms with van der Waals surface area (Å²) in [4.78, 5) is 13.3. The zero-order valence-corrected chi connectivity index (χ0v) is 20.1. The first-order valence-corrected chi connectivity index (χ1v) is 12.1. The monoisotopic (exact) mass is 560 g/mol. The van der Waals surface area contributed by atoms with E-state index >= 15 is 0 Å². The van der Waals surface area contributed by atoms with Crippen molar-refractivity contribution in [2.45, 2.75) is 27.3 Å². The number of aliphatic hydroxyl groups is 2. The maximum absolute atomic E-state index is 12.5. The van der Waals surface area contributed by atoms with Crippen LogP contribution in [0.15, 0.2) is 86.6 Å². The lowest BCUT2D eigenvalue weighted by Gasteiger charge is -2.41. The van der Waals surface area contributed by atoms with Gasteiger partial charge in [0.1, 0.15) is 11.7 Å². The molecule has 3 N–H and O–H groups in total. The normalized spacial score (nSPS) is 31.3. The number of carbonyl (C=O) groups is 1. The van der Waals surface area contributed by atoms with Crippen LogP contribution in [0.1, 0.15) is 22.6 Å². The summed E-state index contributed by atoms with van der Waals surface area (Å²) in [5.74, 6) is -2.97. The first kappa shape index (κ1) is 21.2. The molecule has 0 spiro atoms. The van der Waals surface area contributed by atoms with Gasteiger partial charge in [0.15, 0.2) is 0 Å². The van der Waals surface area contributed by atoms with E-state index in [9.17, 15) is 20.1 Å². The highest BCUT2D eigenvalue weighted by molar-refractivity contribution is 9.10. The Kier molecular flexibility index (Phi) is 5.10. The van der Waals surface area contributed by atoms with Crippen LogP contribution in [-0.2, 0) is 15.1 Å². The van der Waals surface area contributed by atoms with Gasteiger partial charge >= 0.3 is 5.97 Å². The number of carboxylic acid groups (broad SMARTS) is 1. The fourth-order valence-electron chi connectivity index (χ4n) is 5.26. The van der Waals surface area contributed by atoms with Gasteiger partial charge in [-0.15, -0.1) is 11.8 Å². The Hall–Kier alpha value is -1.64. The number of aliphatic carboxylic acids is 1. The van der Waals surface area contributed by atoms with Crippen molar-refractivity contribution in [3.8, 4) is 0 Å². The number of rotatable bonds is 3. The standard InChI is InChI=1S/C24H18Br2O4S/c25-15-8-6-14(7-9-15)24-20(13-4-2-1-3-5-13)19(22(28)29)21(27)23(24,30)17-11-10-16(26)12-18(17)31-24/h1-12,19-21,27,30H,(H,28,29)/t19-,20-,21?,23+,24+/m1/s1. The fourth-order valence-corrected chi connectivity index (χ4v) is 7.95. The molecule has 31 heavy (non-hydrogen) atoms. The Morgan fingerprint density at radius 3 is 2.23 bits per heavy atom. The van der Waals surface area contributed by atoms with E-state index in [-0.39, 0.29) is 0 Å². The van der Waals surface area contributed by atoms with E-state index in [1.165, 1.54) is 11.8 Å². The second-order valence-electron chi connectivity index (χ2n) is 7.95. The average Bonchev–Trinajstić information content (AvgIpc) is 3.12. The number of hydrogen-bond acceptors (Lipinski definition) is 4.